The zero-order valence-electron chi connectivity index (χ0n) is 14.2. The Morgan fingerprint density at radius 2 is 1.93 bits per heavy atom. The molecule has 140 valence electrons. The first kappa shape index (κ1) is 18.8. The Morgan fingerprint density at radius 3 is 2.54 bits per heavy atom. The van der Waals surface area contributed by atoms with Crippen LogP contribution in [0.4, 0.5) is 18.9 Å². The number of amides is 1. The summed E-state index contributed by atoms with van der Waals surface area (Å²) < 4.78 is 39.8. The van der Waals surface area contributed by atoms with Crippen LogP contribution in [0.15, 0.2) is 66.8 Å². The van der Waals surface area contributed by atoms with Gasteiger partial charge in [0.15, 0.2) is 0 Å². The third-order valence-electron chi connectivity index (χ3n) is 3.70. The standard InChI is InChI=1S/C19H12F3N5O/c20-19(21,22)15-2-1-3-16(9-15)26-18(28)14(10-23)8-13-4-6-17(7-5-13)27-12-24-11-25-27/h1-9,11-12H,(H,26,28)/b14-8+. The lowest BCUT2D eigenvalue weighted by Crippen LogP contribution is -2.14. The Bertz CT molecular complexity index is 1050. The van der Waals surface area contributed by atoms with E-state index >= 15 is 0 Å². The molecule has 0 saturated heterocycles. The lowest BCUT2D eigenvalue weighted by molar-refractivity contribution is -0.137. The number of hydrogen-bond donors (Lipinski definition) is 1. The zero-order valence-corrected chi connectivity index (χ0v) is 14.2. The summed E-state index contributed by atoms with van der Waals surface area (Å²) in [6.45, 7) is 0. The smallest absolute Gasteiger partial charge is 0.321 e. The molecule has 2 aromatic carbocycles. The van der Waals surface area contributed by atoms with Crippen LogP contribution in [0.5, 0.6) is 0 Å². The van der Waals surface area contributed by atoms with Gasteiger partial charge in [-0.25, -0.2) is 9.67 Å². The van der Waals surface area contributed by atoms with Crippen molar-refractivity contribution in [3.63, 3.8) is 0 Å². The molecule has 0 aliphatic heterocycles. The first-order valence-electron chi connectivity index (χ1n) is 7.92. The number of alkyl halides is 3. The quantitative estimate of drug-likeness (QED) is 0.548. The third kappa shape index (κ3) is 4.42. The minimum atomic E-state index is -4.53. The topological polar surface area (TPSA) is 83.6 Å². The molecule has 0 unspecified atom stereocenters. The van der Waals surface area contributed by atoms with Gasteiger partial charge in [0.1, 0.15) is 24.3 Å². The van der Waals surface area contributed by atoms with E-state index in [1.165, 1.54) is 30.9 Å². The summed E-state index contributed by atoms with van der Waals surface area (Å²) in [5.41, 5.74) is 0.117. The van der Waals surface area contributed by atoms with Gasteiger partial charge in [-0.3, -0.25) is 4.79 Å². The summed E-state index contributed by atoms with van der Waals surface area (Å²) in [6, 6.07) is 12.7. The molecule has 1 N–H and O–H groups in total. The van der Waals surface area contributed by atoms with Crippen LogP contribution in [0.25, 0.3) is 11.8 Å². The molecule has 0 bridgehead atoms. The first-order chi connectivity index (χ1) is 13.4. The first-order valence-corrected chi connectivity index (χ1v) is 7.92. The number of carbonyl (C=O) groups is 1. The number of nitrogens with zero attached hydrogens (tertiary/aromatic N) is 4. The average molecular weight is 383 g/mol. The van der Waals surface area contributed by atoms with Crippen molar-refractivity contribution in [1.82, 2.24) is 14.8 Å². The zero-order chi connectivity index (χ0) is 20.1. The molecule has 0 radical (unpaired) electrons. The summed E-state index contributed by atoms with van der Waals surface area (Å²) in [6.07, 6.45) is -0.275. The number of benzene rings is 2. The normalized spacial score (nSPS) is 11.7. The third-order valence-corrected chi connectivity index (χ3v) is 3.70. The van der Waals surface area contributed by atoms with Crippen LogP contribution in [0.3, 0.4) is 0 Å². The lowest BCUT2D eigenvalue weighted by atomic mass is 10.1. The molecule has 1 amide bonds. The van der Waals surface area contributed by atoms with Gasteiger partial charge in [-0.2, -0.15) is 23.5 Å². The monoisotopic (exact) mass is 383 g/mol. The van der Waals surface area contributed by atoms with Gasteiger partial charge in [-0.05, 0) is 42.0 Å². The van der Waals surface area contributed by atoms with Crippen LogP contribution in [0.2, 0.25) is 0 Å². The Balaban J connectivity index is 1.77. The molecule has 6 nitrogen and oxygen atoms in total. The number of anilines is 1. The molecule has 28 heavy (non-hydrogen) atoms. The van der Waals surface area contributed by atoms with Crippen LogP contribution in [0.1, 0.15) is 11.1 Å². The van der Waals surface area contributed by atoms with E-state index in [0.717, 1.165) is 17.8 Å². The minimum absolute atomic E-state index is 0.0532. The predicted octanol–water partition coefficient (Wildman–Crippen LogP) is 3.83. The highest BCUT2D eigenvalue weighted by atomic mass is 19.4. The number of carbonyl (C=O) groups excluding carboxylic acids is 1. The van der Waals surface area contributed by atoms with E-state index in [1.807, 2.05) is 0 Å². The molecule has 0 atom stereocenters. The van der Waals surface area contributed by atoms with Gasteiger partial charge in [0.2, 0.25) is 0 Å². The number of hydrogen-bond acceptors (Lipinski definition) is 4. The van der Waals surface area contributed by atoms with Gasteiger partial charge < -0.3 is 5.32 Å². The van der Waals surface area contributed by atoms with Crippen molar-refractivity contribution in [1.29, 1.82) is 5.26 Å². The SMILES string of the molecule is N#C/C(=C\c1ccc(-n2cncn2)cc1)C(=O)Nc1cccc(C(F)(F)F)c1. The largest absolute Gasteiger partial charge is 0.416 e. The van der Waals surface area contributed by atoms with Crippen molar-refractivity contribution in [3.8, 4) is 11.8 Å². The van der Waals surface area contributed by atoms with Gasteiger partial charge in [0.05, 0.1) is 11.3 Å². The van der Waals surface area contributed by atoms with E-state index < -0.39 is 17.6 Å². The van der Waals surface area contributed by atoms with Crippen molar-refractivity contribution in [2.45, 2.75) is 6.18 Å². The second-order valence-electron chi connectivity index (χ2n) is 5.63. The average Bonchev–Trinajstić information content (AvgIpc) is 3.21. The Labute approximate surface area is 157 Å². The van der Waals surface area contributed by atoms with Crippen LogP contribution >= 0.6 is 0 Å². The van der Waals surface area contributed by atoms with Gasteiger partial charge in [0, 0.05) is 5.69 Å². The molecule has 0 fully saturated rings. The second kappa shape index (κ2) is 7.75. The number of nitriles is 1. The van der Waals surface area contributed by atoms with Gasteiger partial charge >= 0.3 is 6.18 Å². The summed E-state index contributed by atoms with van der Waals surface area (Å²) in [5, 5.41) is 15.5. The fraction of sp³-hybridized carbons (Fsp3) is 0.0526. The fourth-order valence-corrected chi connectivity index (χ4v) is 2.35. The number of aromatic nitrogens is 3. The maximum atomic E-state index is 12.8. The van der Waals surface area contributed by atoms with E-state index in [4.69, 9.17) is 0 Å². The Morgan fingerprint density at radius 1 is 1.18 bits per heavy atom. The highest BCUT2D eigenvalue weighted by Crippen LogP contribution is 2.30. The molecule has 1 aromatic heterocycles. The molecule has 0 saturated carbocycles. The summed E-state index contributed by atoms with van der Waals surface area (Å²) >= 11 is 0. The van der Waals surface area contributed by atoms with Crippen molar-refractivity contribution >= 4 is 17.7 Å². The molecular weight excluding hydrogens is 371 g/mol. The molecule has 3 aromatic rings. The lowest BCUT2D eigenvalue weighted by Gasteiger charge is -2.09. The minimum Gasteiger partial charge on any atom is -0.321 e. The van der Waals surface area contributed by atoms with E-state index in [1.54, 1.807) is 35.0 Å². The van der Waals surface area contributed by atoms with E-state index in [9.17, 15) is 23.2 Å². The summed E-state index contributed by atoms with van der Waals surface area (Å²) in [5.74, 6) is -0.804. The van der Waals surface area contributed by atoms with Crippen molar-refractivity contribution in [2.24, 2.45) is 0 Å². The molecule has 3 rings (SSSR count). The summed E-state index contributed by atoms with van der Waals surface area (Å²) in [4.78, 5) is 16.1. The predicted molar refractivity (Wildman–Crippen MR) is 95.0 cm³/mol. The second-order valence-corrected chi connectivity index (χ2v) is 5.63. The van der Waals surface area contributed by atoms with E-state index in [0.29, 0.717) is 5.56 Å². The number of halogens is 3. The van der Waals surface area contributed by atoms with Crippen molar-refractivity contribution in [3.05, 3.63) is 77.9 Å². The molecule has 9 heteroatoms. The maximum Gasteiger partial charge on any atom is 0.416 e. The highest BCUT2D eigenvalue weighted by molar-refractivity contribution is 6.09. The molecular formula is C19H12F3N5O. The van der Waals surface area contributed by atoms with Gasteiger partial charge in [0.25, 0.3) is 5.91 Å². The molecule has 0 spiro atoms. The summed E-state index contributed by atoms with van der Waals surface area (Å²) in [7, 11) is 0. The van der Waals surface area contributed by atoms with Crippen LogP contribution in [-0.4, -0.2) is 20.7 Å². The van der Waals surface area contributed by atoms with Gasteiger partial charge in [-0.15, -0.1) is 0 Å². The van der Waals surface area contributed by atoms with Crippen LogP contribution in [-0.2, 0) is 11.0 Å². The maximum absolute atomic E-state index is 12.8. The number of rotatable bonds is 4. The highest BCUT2D eigenvalue weighted by Gasteiger charge is 2.30. The molecule has 0 aliphatic rings. The van der Waals surface area contributed by atoms with E-state index in [2.05, 4.69) is 15.4 Å². The van der Waals surface area contributed by atoms with Crippen LogP contribution in [0, 0.1) is 11.3 Å². The van der Waals surface area contributed by atoms with Gasteiger partial charge in [-0.1, -0.05) is 18.2 Å². The van der Waals surface area contributed by atoms with E-state index in [-0.39, 0.29) is 11.3 Å². The Hall–Kier alpha value is -3.93. The molecule has 0 aliphatic carbocycles. The number of nitrogens with one attached hydrogen (secondary N) is 1. The Kier molecular flexibility index (Phi) is 5.22. The van der Waals surface area contributed by atoms with Crippen molar-refractivity contribution in [2.75, 3.05) is 5.32 Å². The van der Waals surface area contributed by atoms with Crippen LogP contribution < -0.4 is 5.32 Å². The fourth-order valence-electron chi connectivity index (χ4n) is 2.35. The van der Waals surface area contributed by atoms with Crippen molar-refractivity contribution < 1.29 is 18.0 Å². The molecule has 1 heterocycles.